The molecule has 2 heterocycles. The van der Waals surface area contributed by atoms with E-state index in [1.807, 2.05) is 61.5 Å². The van der Waals surface area contributed by atoms with Gasteiger partial charge in [0.2, 0.25) is 5.91 Å². The van der Waals surface area contributed by atoms with E-state index < -0.39 is 11.3 Å². The topological polar surface area (TPSA) is 74.1 Å². The second-order valence-corrected chi connectivity index (χ2v) is 9.42. The lowest BCUT2D eigenvalue weighted by atomic mass is 10.1. The van der Waals surface area contributed by atoms with Gasteiger partial charge in [0.1, 0.15) is 17.7 Å². The summed E-state index contributed by atoms with van der Waals surface area (Å²) < 4.78 is 13.2. The SMILES string of the molecule is CC[C@H](SC1=Nc2ccccc2C2=N[C@@H](Cc3ccccc3)C(=O)N12)C(=O)Nc1ccc(F)cc1. The van der Waals surface area contributed by atoms with Crippen LogP contribution in [0.2, 0.25) is 0 Å². The van der Waals surface area contributed by atoms with E-state index in [2.05, 4.69) is 5.32 Å². The Morgan fingerprint density at radius 2 is 1.77 bits per heavy atom. The van der Waals surface area contributed by atoms with Crippen molar-refractivity contribution in [2.24, 2.45) is 9.98 Å². The van der Waals surface area contributed by atoms with Crippen LogP contribution in [0.1, 0.15) is 24.5 Å². The van der Waals surface area contributed by atoms with Gasteiger partial charge in [-0.05, 0) is 48.4 Å². The van der Waals surface area contributed by atoms with Gasteiger partial charge in [-0.15, -0.1) is 0 Å². The molecule has 0 aliphatic carbocycles. The summed E-state index contributed by atoms with van der Waals surface area (Å²) >= 11 is 1.24. The lowest BCUT2D eigenvalue weighted by Crippen LogP contribution is -2.42. The minimum atomic E-state index is -0.558. The number of aliphatic imine (C=N–C) groups is 2. The second-order valence-electron chi connectivity index (χ2n) is 8.25. The molecule has 0 radical (unpaired) electrons. The standard InChI is InChI=1S/C27H23FN4O2S/c1-2-23(25(33)29-19-14-12-18(28)13-15-19)35-27-31-21-11-7-6-10-20(21)24-30-22(26(34)32(24)27)16-17-8-4-3-5-9-17/h3-15,22-23H,2,16H2,1H3,(H,29,33)/t22-,23-/m0/s1. The van der Waals surface area contributed by atoms with Crippen molar-refractivity contribution in [2.45, 2.75) is 31.1 Å². The summed E-state index contributed by atoms with van der Waals surface area (Å²) in [6.45, 7) is 1.90. The summed E-state index contributed by atoms with van der Waals surface area (Å²) in [5.41, 5.74) is 3.05. The molecule has 3 aromatic rings. The van der Waals surface area contributed by atoms with Crippen LogP contribution >= 0.6 is 11.8 Å². The molecule has 2 aliphatic heterocycles. The summed E-state index contributed by atoms with van der Waals surface area (Å²) in [7, 11) is 0. The summed E-state index contributed by atoms with van der Waals surface area (Å²) in [5, 5.41) is 2.75. The molecule has 6 nitrogen and oxygen atoms in total. The predicted molar refractivity (Wildman–Crippen MR) is 138 cm³/mol. The third-order valence-corrected chi connectivity index (χ3v) is 7.16. The van der Waals surface area contributed by atoms with Crippen LogP contribution in [0.5, 0.6) is 0 Å². The van der Waals surface area contributed by atoms with E-state index in [9.17, 15) is 14.0 Å². The third kappa shape index (κ3) is 4.74. The summed E-state index contributed by atoms with van der Waals surface area (Å²) in [6, 6.07) is 22.4. The number of hydrogen-bond acceptors (Lipinski definition) is 5. The van der Waals surface area contributed by atoms with Crippen molar-refractivity contribution < 1.29 is 14.0 Å². The number of anilines is 1. The fraction of sp³-hybridized carbons (Fsp3) is 0.185. The van der Waals surface area contributed by atoms with Gasteiger partial charge in [-0.3, -0.25) is 14.6 Å². The number of para-hydroxylation sites is 1. The number of amides is 2. The molecule has 3 aromatic carbocycles. The Bertz CT molecular complexity index is 1320. The monoisotopic (exact) mass is 486 g/mol. The number of carbonyl (C=O) groups excluding carboxylic acids is 2. The molecule has 0 bridgehead atoms. The third-order valence-electron chi connectivity index (χ3n) is 5.84. The largest absolute Gasteiger partial charge is 0.325 e. The molecule has 2 amide bonds. The van der Waals surface area contributed by atoms with Crippen molar-refractivity contribution in [3.8, 4) is 0 Å². The molecule has 8 heteroatoms. The minimum Gasteiger partial charge on any atom is -0.325 e. The number of halogens is 1. The van der Waals surface area contributed by atoms with Gasteiger partial charge in [0, 0.05) is 17.7 Å². The number of rotatable bonds is 6. The Hall–Kier alpha value is -3.78. The van der Waals surface area contributed by atoms with Crippen molar-refractivity contribution in [3.63, 3.8) is 0 Å². The average molecular weight is 487 g/mol. The van der Waals surface area contributed by atoms with Crippen molar-refractivity contribution in [3.05, 3.63) is 95.8 Å². The van der Waals surface area contributed by atoms with E-state index in [-0.39, 0.29) is 17.6 Å². The smallest absolute Gasteiger partial charge is 0.259 e. The summed E-state index contributed by atoms with van der Waals surface area (Å²) in [4.78, 5) is 37.6. The molecule has 0 aromatic heterocycles. The number of nitrogens with zero attached hydrogens (tertiary/aromatic N) is 3. The van der Waals surface area contributed by atoms with E-state index in [1.165, 1.54) is 36.0 Å². The van der Waals surface area contributed by atoms with E-state index in [0.29, 0.717) is 35.2 Å². The van der Waals surface area contributed by atoms with E-state index in [4.69, 9.17) is 9.98 Å². The normalized spacial score (nSPS) is 17.3. The molecule has 0 spiro atoms. The number of carbonyl (C=O) groups is 2. The zero-order valence-corrected chi connectivity index (χ0v) is 19.8. The summed E-state index contributed by atoms with van der Waals surface area (Å²) in [5.74, 6) is -0.197. The number of amidine groups is 2. The van der Waals surface area contributed by atoms with E-state index in [1.54, 1.807) is 4.90 Å². The van der Waals surface area contributed by atoms with Gasteiger partial charge in [-0.25, -0.2) is 14.3 Å². The maximum atomic E-state index is 13.5. The number of hydrogen-bond donors (Lipinski definition) is 1. The zero-order valence-electron chi connectivity index (χ0n) is 19.0. The first-order valence-electron chi connectivity index (χ1n) is 11.4. The Balaban J connectivity index is 1.42. The van der Waals surface area contributed by atoms with E-state index >= 15 is 0 Å². The Morgan fingerprint density at radius 1 is 1.06 bits per heavy atom. The molecular weight excluding hydrogens is 463 g/mol. The molecule has 176 valence electrons. The first-order valence-corrected chi connectivity index (χ1v) is 12.3. The molecule has 0 fully saturated rings. The fourth-order valence-corrected chi connectivity index (χ4v) is 5.08. The van der Waals surface area contributed by atoms with Crippen molar-refractivity contribution >= 4 is 46.0 Å². The van der Waals surface area contributed by atoms with Crippen LogP contribution in [0.4, 0.5) is 15.8 Å². The second kappa shape index (κ2) is 9.84. The number of benzene rings is 3. The quantitative estimate of drug-likeness (QED) is 0.522. The maximum Gasteiger partial charge on any atom is 0.259 e. The Morgan fingerprint density at radius 3 is 2.51 bits per heavy atom. The highest BCUT2D eigenvalue weighted by Crippen LogP contribution is 2.36. The maximum absolute atomic E-state index is 13.5. The van der Waals surface area contributed by atoms with Gasteiger partial charge < -0.3 is 5.32 Å². The fourth-order valence-electron chi connectivity index (χ4n) is 4.06. The van der Waals surface area contributed by atoms with Gasteiger partial charge in [0.15, 0.2) is 5.17 Å². The van der Waals surface area contributed by atoms with Gasteiger partial charge in [0.05, 0.1) is 10.9 Å². The van der Waals surface area contributed by atoms with Crippen LogP contribution in [-0.2, 0) is 16.0 Å². The molecule has 5 rings (SSSR count). The highest BCUT2D eigenvalue weighted by Gasteiger charge is 2.42. The van der Waals surface area contributed by atoms with E-state index in [0.717, 1.165) is 11.1 Å². The molecule has 2 aliphatic rings. The van der Waals surface area contributed by atoms with Crippen LogP contribution in [0, 0.1) is 5.82 Å². The van der Waals surface area contributed by atoms with Crippen molar-refractivity contribution in [1.29, 1.82) is 0 Å². The van der Waals surface area contributed by atoms with Crippen LogP contribution in [-0.4, -0.2) is 39.0 Å². The number of thioether (sulfide) groups is 1. The van der Waals surface area contributed by atoms with Crippen molar-refractivity contribution in [1.82, 2.24) is 4.90 Å². The van der Waals surface area contributed by atoms with Crippen LogP contribution in [0.3, 0.4) is 0 Å². The average Bonchev–Trinajstić information content (AvgIpc) is 3.20. The number of fused-ring (bicyclic) bond motifs is 3. The minimum absolute atomic E-state index is 0.154. The molecule has 2 atom stereocenters. The molecule has 0 saturated carbocycles. The first kappa shape index (κ1) is 23.0. The Labute approximate surface area is 207 Å². The Kier molecular flexibility index (Phi) is 6.46. The molecule has 1 N–H and O–H groups in total. The highest BCUT2D eigenvalue weighted by molar-refractivity contribution is 8.15. The van der Waals surface area contributed by atoms with Crippen LogP contribution < -0.4 is 5.32 Å². The van der Waals surface area contributed by atoms with Gasteiger partial charge in [0.25, 0.3) is 5.91 Å². The molecular formula is C27H23FN4O2S. The summed E-state index contributed by atoms with van der Waals surface area (Å²) in [6.07, 6.45) is 1.00. The zero-order chi connectivity index (χ0) is 24.4. The van der Waals surface area contributed by atoms with Crippen LogP contribution in [0.15, 0.2) is 88.8 Å². The first-order chi connectivity index (χ1) is 17.0. The van der Waals surface area contributed by atoms with Gasteiger partial charge in [-0.2, -0.15) is 0 Å². The highest BCUT2D eigenvalue weighted by atomic mass is 32.2. The van der Waals surface area contributed by atoms with Gasteiger partial charge >= 0.3 is 0 Å². The molecule has 0 unspecified atom stereocenters. The molecule has 35 heavy (non-hydrogen) atoms. The molecule has 0 saturated heterocycles. The predicted octanol–water partition coefficient (Wildman–Crippen LogP) is 5.18. The number of nitrogens with one attached hydrogen (secondary N) is 1. The van der Waals surface area contributed by atoms with Crippen LogP contribution in [0.25, 0.3) is 0 Å². The lowest BCUT2D eigenvalue weighted by Gasteiger charge is -2.27. The van der Waals surface area contributed by atoms with Gasteiger partial charge in [-0.1, -0.05) is 61.2 Å². The van der Waals surface area contributed by atoms with Crippen molar-refractivity contribution in [2.75, 3.05) is 5.32 Å². The lowest BCUT2D eigenvalue weighted by molar-refractivity contribution is -0.124.